The summed E-state index contributed by atoms with van der Waals surface area (Å²) in [6, 6.07) is 0. The molecular formula is C12H24ClN. The van der Waals surface area contributed by atoms with Crippen molar-refractivity contribution < 1.29 is 0 Å². The molecule has 0 unspecified atom stereocenters. The van der Waals surface area contributed by atoms with E-state index in [-0.39, 0.29) is 0 Å². The van der Waals surface area contributed by atoms with Gasteiger partial charge in [-0.15, -0.1) is 11.6 Å². The first-order chi connectivity index (χ1) is 6.68. The zero-order valence-corrected chi connectivity index (χ0v) is 10.4. The molecule has 0 atom stereocenters. The van der Waals surface area contributed by atoms with Gasteiger partial charge in [-0.25, -0.2) is 0 Å². The van der Waals surface area contributed by atoms with E-state index in [2.05, 4.69) is 19.2 Å². The second-order valence-corrected chi connectivity index (χ2v) is 5.35. The quantitative estimate of drug-likeness (QED) is 0.530. The van der Waals surface area contributed by atoms with E-state index in [1.807, 2.05) is 0 Å². The van der Waals surface area contributed by atoms with Crippen molar-refractivity contribution in [2.45, 2.75) is 57.9 Å². The van der Waals surface area contributed by atoms with Crippen LogP contribution in [0.15, 0.2) is 0 Å². The molecular weight excluding hydrogens is 194 g/mol. The highest BCUT2D eigenvalue weighted by molar-refractivity contribution is 6.18. The minimum absolute atomic E-state index is 0.290. The zero-order valence-electron chi connectivity index (χ0n) is 9.61. The van der Waals surface area contributed by atoms with Crippen molar-refractivity contribution in [1.29, 1.82) is 0 Å². The molecule has 1 rings (SSSR count). The largest absolute Gasteiger partial charge is 0.310 e. The van der Waals surface area contributed by atoms with Crippen LogP contribution in [0.3, 0.4) is 0 Å². The van der Waals surface area contributed by atoms with E-state index >= 15 is 0 Å². The van der Waals surface area contributed by atoms with E-state index in [1.54, 1.807) is 0 Å². The molecule has 1 saturated carbocycles. The molecule has 14 heavy (non-hydrogen) atoms. The van der Waals surface area contributed by atoms with Gasteiger partial charge < -0.3 is 5.32 Å². The summed E-state index contributed by atoms with van der Waals surface area (Å²) in [6.07, 6.45) is 7.87. The van der Waals surface area contributed by atoms with Crippen LogP contribution in [0.5, 0.6) is 0 Å². The molecule has 0 bridgehead atoms. The first-order valence-corrected chi connectivity index (χ1v) is 6.53. The Morgan fingerprint density at radius 1 is 1.29 bits per heavy atom. The van der Waals surface area contributed by atoms with Gasteiger partial charge in [0, 0.05) is 11.4 Å². The Bertz CT molecular complexity index is 150. The van der Waals surface area contributed by atoms with Crippen molar-refractivity contribution in [2.75, 3.05) is 12.4 Å². The third-order valence-electron chi connectivity index (χ3n) is 3.27. The number of halogens is 1. The predicted octanol–water partition coefficient (Wildman–Crippen LogP) is 3.56. The van der Waals surface area contributed by atoms with Gasteiger partial charge in [0.05, 0.1) is 0 Å². The molecule has 0 aromatic rings. The normalized spacial score (nSPS) is 20.6. The first kappa shape index (κ1) is 12.3. The second-order valence-electron chi connectivity index (χ2n) is 5.08. The van der Waals surface area contributed by atoms with Crippen LogP contribution in [0.25, 0.3) is 0 Å². The summed E-state index contributed by atoms with van der Waals surface area (Å²) in [5, 5.41) is 3.67. The topological polar surface area (TPSA) is 12.0 Å². The number of rotatable bonds is 6. The molecule has 1 aliphatic carbocycles. The summed E-state index contributed by atoms with van der Waals surface area (Å²) in [7, 11) is 0. The molecule has 0 heterocycles. The highest BCUT2D eigenvalue weighted by Crippen LogP contribution is 2.30. The molecule has 0 aromatic heterocycles. The number of hydrogen-bond donors (Lipinski definition) is 1. The Morgan fingerprint density at radius 3 is 2.43 bits per heavy atom. The van der Waals surface area contributed by atoms with Gasteiger partial charge in [0.1, 0.15) is 0 Å². The Labute approximate surface area is 93.6 Å². The van der Waals surface area contributed by atoms with Crippen molar-refractivity contribution in [3.8, 4) is 0 Å². The molecule has 0 saturated heterocycles. The summed E-state index contributed by atoms with van der Waals surface area (Å²) in [5.41, 5.74) is 0.290. The van der Waals surface area contributed by atoms with Crippen LogP contribution in [0.2, 0.25) is 0 Å². The lowest BCUT2D eigenvalue weighted by molar-refractivity contribution is 0.360. The Morgan fingerprint density at radius 2 is 1.93 bits per heavy atom. The van der Waals surface area contributed by atoms with Crippen molar-refractivity contribution in [2.24, 2.45) is 5.92 Å². The van der Waals surface area contributed by atoms with Gasteiger partial charge in [-0.2, -0.15) is 0 Å². The lowest BCUT2D eigenvalue weighted by Gasteiger charge is -2.28. The van der Waals surface area contributed by atoms with E-state index in [0.29, 0.717) is 5.54 Å². The minimum atomic E-state index is 0.290. The maximum absolute atomic E-state index is 6.04. The molecule has 0 radical (unpaired) electrons. The van der Waals surface area contributed by atoms with Crippen molar-refractivity contribution in [3.63, 3.8) is 0 Å². The monoisotopic (exact) mass is 217 g/mol. The van der Waals surface area contributed by atoms with Gasteiger partial charge in [0.25, 0.3) is 0 Å². The van der Waals surface area contributed by atoms with E-state index in [0.717, 1.165) is 18.3 Å². The molecule has 1 nitrogen and oxygen atoms in total. The van der Waals surface area contributed by atoms with E-state index < -0.39 is 0 Å². The fraction of sp³-hybridized carbons (Fsp3) is 1.00. The number of alkyl halides is 1. The fourth-order valence-corrected chi connectivity index (χ4v) is 2.64. The molecule has 0 aromatic carbocycles. The molecule has 84 valence electrons. The van der Waals surface area contributed by atoms with Gasteiger partial charge >= 0.3 is 0 Å². The summed E-state index contributed by atoms with van der Waals surface area (Å²) in [6.45, 7) is 5.71. The van der Waals surface area contributed by atoms with Crippen LogP contribution in [0.1, 0.15) is 52.4 Å². The number of hydrogen-bond acceptors (Lipinski definition) is 1. The lowest BCUT2D eigenvalue weighted by Crippen LogP contribution is -2.44. The Hall–Kier alpha value is 0.250. The highest BCUT2D eigenvalue weighted by Gasteiger charge is 2.31. The van der Waals surface area contributed by atoms with E-state index in [4.69, 9.17) is 11.6 Å². The maximum atomic E-state index is 6.04. The van der Waals surface area contributed by atoms with Gasteiger partial charge in [0.2, 0.25) is 0 Å². The second kappa shape index (κ2) is 5.97. The zero-order chi connectivity index (χ0) is 10.4. The van der Waals surface area contributed by atoms with Crippen LogP contribution in [-0.2, 0) is 0 Å². The summed E-state index contributed by atoms with van der Waals surface area (Å²) < 4.78 is 0. The Balaban J connectivity index is 2.15. The first-order valence-electron chi connectivity index (χ1n) is 5.99. The van der Waals surface area contributed by atoms with E-state index in [1.165, 1.54) is 38.5 Å². The van der Waals surface area contributed by atoms with Gasteiger partial charge in [0.15, 0.2) is 0 Å². The molecule has 2 heteroatoms. The van der Waals surface area contributed by atoms with Crippen LogP contribution in [0.4, 0.5) is 0 Å². The average molecular weight is 218 g/mol. The van der Waals surface area contributed by atoms with Crippen LogP contribution < -0.4 is 5.32 Å². The van der Waals surface area contributed by atoms with Crippen molar-refractivity contribution >= 4 is 11.6 Å². The predicted molar refractivity (Wildman–Crippen MR) is 64.0 cm³/mol. The van der Waals surface area contributed by atoms with Crippen LogP contribution in [0, 0.1) is 5.92 Å². The SMILES string of the molecule is CC(C)CCCNC1(CCl)CCCC1. The van der Waals surface area contributed by atoms with Gasteiger partial charge in [-0.1, -0.05) is 26.7 Å². The molecule has 1 aliphatic rings. The minimum Gasteiger partial charge on any atom is -0.310 e. The lowest BCUT2D eigenvalue weighted by atomic mass is 10.00. The fourth-order valence-electron chi connectivity index (χ4n) is 2.27. The summed E-state index contributed by atoms with van der Waals surface area (Å²) in [5.74, 6) is 1.61. The van der Waals surface area contributed by atoms with Gasteiger partial charge in [-0.05, 0) is 38.1 Å². The van der Waals surface area contributed by atoms with E-state index in [9.17, 15) is 0 Å². The highest BCUT2D eigenvalue weighted by atomic mass is 35.5. The average Bonchev–Trinajstić information content (AvgIpc) is 2.62. The maximum Gasteiger partial charge on any atom is 0.0406 e. The third kappa shape index (κ3) is 3.78. The van der Waals surface area contributed by atoms with Crippen LogP contribution >= 0.6 is 11.6 Å². The van der Waals surface area contributed by atoms with Crippen molar-refractivity contribution in [3.05, 3.63) is 0 Å². The third-order valence-corrected chi connectivity index (χ3v) is 3.79. The molecule has 0 aliphatic heterocycles. The van der Waals surface area contributed by atoms with Gasteiger partial charge in [-0.3, -0.25) is 0 Å². The molecule has 0 spiro atoms. The van der Waals surface area contributed by atoms with Crippen molar-refractivity contribution in [1.82, 2.24) is 5.32 Å². The summed E-state index contributed by atoms with van der Waals surface area (Å²) in [4.78, 5) is 0. The smallest absolute Gasteiger partial charge is 0.0406 e. The molecule has 1 N–H and O–H groups in total. The number of nitrogens with one attached hydrogen (secondary N) is 1. The standard InChI is InChI=1S/C12H24ClN/c1-11(2)6-5-9-14-12(10-13)7-3-4-8-12/h11,14H,3-10H2,1-2H3. The molecule has 1 fully saturated rings. The Kier molecular flexibility index (Phi) is 5.25. The van der Waals surface area contributed by atoms with Crippen LogP contribution in [-0.4, -0.2) is 18.0 Å². The summed E-state index contributed by atoms with van der Waals surface area (Å²) >= 11 is 6.04. The molecule has 0 amide bonds.